The largest absolute Gasteiger partial charge is 0.480 e. The van der Waals surface area contributed by atoms with E-state index in [1.54, 1.807) is 0 Å². The van der Waals surface area contributed by atoms with Crippen LogP contribution in [-0.2, 0) is 19.6 Å². The van der Waals surface area contributed by atoms with Gasteiger partial charge in [-0.2, -0.15) is 4.72 Å². The van der Waals surface area contributed by atoms with Crippen molar-refractivity contribution in [1.82, 2.24) is 10.0 Å². The summed E-state index contributed by atoms with van der Waals surface area (Å²) in [5.74, 6) is -0.00776. The number of hydrogen-bond donors (Lipinski definition) is 3. The molecule has 0 saturated carbocycles. The molecule has 3 N–H and O–H groups in total. The zero-order valence-electron chi connectivity index (χ0n) is 14.0. The van der Waals surface area contributed by atoms with Crippen molar-refractivity contribution in [3.63, 3.8) is 0 Å². The predicted octanol–water partition coefficient (Wildman–Crippen LogP) is 0.208. The van der Waals surface area contributed by atoms with E-state index in [-0.39, 0.29) is 29.5 Å². The van der Waals surface area contributed by atoms with Gasteiger partial charge >= 0.3 is 5.97 Å². The van der Waals surface area contributed by atoms with Gasteiger partial charge in [0, 0.05) is 18.1 Å². The monoisotopic (exact) mass is 380 g/mol. The summed E-state index contributed by atoms with van der Waals surface area (Å²) in [7, 11) is -3.85. The highest BCUT2D eigenvalue weighted by Crippen LogP contribution is 2.19. The third-order valence-corrected chi connectivity index (χ3v) is 5.39. The molecule has 1 fully saturated rings. The van der Waals surface area contributed by atoms with Crippen LogP contribution in [0.5, 0.6) is 0 Å². The average Bonchev–Trinajstić information content (AvgIpc) is 2.65. The third kappa shape index (κ3) is 5.05. The first-order chi connectivity index (χ1) is 12.3. The number of benzene rings is 1. The van der Waals surface area contributed by atoms with Crippen molar-refractivity contribution >= 4 is 21.9 Å². The molecule has 140 valence electrons. The van der Waals surface area contributed by atoms with Crippen molar-refractivity contribution in [3.05, 3.63) is 29.8 Å². The van der Waals surface area contributed by atoms with Crippen LogP contribution < -0.4 is 10.0 Å². The van der Waals surface area contributed by atoms with E-state index in [9.17, 15) is 23.1 Å². The van der Waals surface area contributed by atoms with Gasteiger partial charge in [-0.05, 0) is 31.0 Å². The molecule has 0 aromatic heterocycles. The van der Waals surface area contributed by atoms with E-state index in [0.717, 1.165) is 6.42 Å². The van der Waals surface area contributed by atoms with Crippen LogP contribution in [0.25, 0.3) is 0 Å². The topological polar surface area (TPSA) is 122 Å². The maximum atomic E-state index is 12.4. The molecule has 0 spiro atoms. The number of hydrogen-bond acceptors (Lipinski definition) is 5. The summed E-state index contributed by atoms with van der Waals surface area (Å²) in [5, 5.41) is 11.9. The number of nitrogens with one attached hydrogen (secondary N) is 2. The van der Waals surface area contributed by atoms with Crippen LogP contribution in [0.4, 0.5) is 0 Å². The fourth-order valence-electron chi connectivity index (χ4n) is 2.66. The molecule has 1 aromatic carbocycles. The molecule has 0 radical (unpaired) electrons. The Balaban J connectivity index is 2.17. The lowest BCUT2D eigenvalue weighted by Crippen LogP contribution is -2.48. The minimum Gasteiger partial charge on any atom is -0.480 e. The van der Waals surface area contributed by atoms with Gasteiger partial charge in [0.1, 0.15) is 6.04 Å². The highest BCUT2D eigenvalue weighted by Gasteiger charge is 2.31. The first-order valence-corrected chi connectivity index (χ1v) is 9.48. The van der Waals surface area contributed by atoms with Crippen molar-refractivity contribution in [2.45, 2.75) is 23.8 Å². The number of carbonyl (C=O) groups is 2. The van der Waals surface area contributed by atoms with Crippen molar-refractivity contribution in [2.75, 3.05) is 19.8 Å². The quantitative estimate of drug-likeness (QED) is 0.581. The predicted molar refractivity (Wildman–Crippen MR) is 92.9 cm³/mol. The summed E-state index contributed by atoms with van der Waals surface area (Å²) in [4.78, 5) is 23.8. The lowest BCUT2D eigenvalue weighted by molar-refractivity contribution is -0.142. The van der Waals surface area contributed by atoms with Gasteiger partial charge in [-0.1, -0.05) is 12.0 Å². The maximum Gasteiger partial charge on any atom is 0.326 e. The molecule has 1 amide bonds. The van der Waals surface area contributed by atoms with Crippen LogP contribution in [0.15, 0.2) is 29.2 Å². The van der Waals surface area contributed by atoms with E-state index < -0.39 is 27.9 Å². The van der Waals surface area contributed by atoms with Gasteiger partial charge < -0.3 is 15.2 Å². The molecule has 9 heteroatoms. The Hall–Kier alpha value is -2.41. The van der Waals surface area contributed by atoms with Crippen LogP contribution in [0.3, 0.4) is 0 Å². The second kappa shape index (κ2) is 8.80. The van der Waals surface area contributed by atoms with Crippen LogP contribution in [0, 0.1) is 18.3 Å². The number of sulfonamides is 1. The summed E-state index contributed by atoms with van der Waals surface area (Å²) in [6.07, 6.45) is 6.39. The summed E-state index contributed by atoms with van der Waals surface area (Å²) in [6, 6.07) is 4.19. The molecule has 26 heavy (non-hydrogen) atoms. The van der Waals surface area contributed by atoms with Gasteiger partial charge in [0.25, 0.3) is 5.91 Å². The Labute approximate surface area is 152 Å². The Bertz CT molecular complexity index is 809. The second-order valence-corrected chi connectivity index (χ2v) is 7.59. The molecular weight excluding hydrogens is 360 g/mol. The van der Waals surface area contributed by atoms with Crippen molar-refractivity contribution in [1.29, 1.82) is 0 Å². The average molecular weight is 380 g/mol. The number of carbonyl (C=O) groups excluding carboxylic acids is 1. The minimum atomic E-state index is -3.85. The molecule has 1 aromatic rings. The standard InChI is InChI=1S/C17H20N2O6S/c1-2-8-18-26(23,24)14-7-3-5-12(10-14)16(20)19-15(17(21)22)13-6-4-9-25-11-13/h1,3,5,7,10,13,15,18H,4,6,8-9,11H2,(H,19,20)(H,21,22). The smallest absolute Gasteiger partial charge is 0.326 e. The summed E-state index contributed by atoms with van der Waals surface area (Å²) < 4.78 is 31.7. The van der Waals surface area contributed by atoms with Crippen LogP contribution >= 0.6 is 0 Å². The highest BCUT2D eigenvalue weighted by molar-refractivity contribution is 7.89. The van der Waals surface area contributed by atoms with E-state index in [4.69, 9.17) is 11.2 Å². The van der Waals surface area contributed by atoms with Gasteiger partial charge in [-0.25, -0.2) is 13.2 Å². The Morgan fingerprint density at radius 1 is 1.42 bits per heavy atom. The SMILES string of the molecule is C#CCNS(=O)(=O)c1cccc(C(=O)NC(C(=O)O)C2CCCOC2)c1. The number of aliphatic carboxylic acids is 1. The Kier molecular flexibility index (Phi) is 6.74. The number of carboxylic acids is 1. The summed E-state index contributed by atoms with van der Waals surface area (Å²) >= 11 is 0. The fraction of sp³-hybridized carbons (Fsp3) is 0.412. The van der Waals surface area contributed by atoms with Gasteiger partial charge in [0.05, 0.1) is 18.0 Å². The molecule has 8 nitrogen and oxygen atoms in total. The van der Waals surface area contributed by atoms with E-state index in [0.29, 0.717) is 13.0 Å². The van der Waals surface area contributed by atoms with Gasteiger partial charge in [0.2, 0.25) is 10.0 Å². The lowest BCUT2D eigenvalue weighted by Gasteiger charge is -2.28. The minimum absolute atomic E-state index is 0.0385. The van der Waals surface area contributed by atoms with Gasteiger partial charge in [-0.3, -0.25) is 4.79 Å². The maximum absolute atomic E-state index is 12.4. The Morgan fingerprint density at radius 2 is 2.19 bits per heavy atom. The van der Waals surface area contributed by atoms with E-state index >= 15 is 0 Å². The third-order valence-electron chi connectivity index (χ3n) is 3.99. The number of terminal acetylenes is 1. The first kappa shape index (κ1) is 19.9. The van der Waals surface area contributed by atoms with Crippen molar-refractivity contribution < 1.29 is 27.9 Å². The van der Waals surface area contributed by atoms with Gasteiger partial charge in [0.15, 0.2) is 0 Å². The fourth-order valence-corrected chi connectivity index (χ4v) is 3.64. The Morgan fingerprint density at radius 3 is 2.81 bits per heavy atom. The molecule has 1 saturated heterocycles. The van der Waals surface area contributed by atoms with E-state index in [1.807, 2.05) is 0 Å². The number of carboxylic acid groups (broad SMARTS) is 1. The zero-order valence-corrected chi connectivity index (χ0v) is 14.8. The highest BCUT2D eigenvalue weighted by atomic mass is 32.2. The molecule has 2 unspecified atom stereocenters. The number of ether oxygens (including phenoxy) is 1. The zero-order chi connectivity index (χ0) is 19.2. The van der Waals surface area contributed by atoms with Gasteiger partial charge in [-0.15, -0.1) is 6.42 Å². The van der Waals surface area contributed by atoms with Crippen molar-refractivity contribution in [3.8, 4) is 12.3 Å². The molecule has 0 bridgehead atoms. The summed E-state index contributed by atoms with van der Waals surface area (Å²) in [6.45, 7) is 0.643. The number of amides is 1. The normalized spacial score (nSPS) is 18.5. The number of rotatable bonds is 7. The molecule has 0 aliphatic carbocycles. The van der Waals surface area contributed by atoms with Crippen LogP contribution in [0.2, 0.25) is 0 Å². The van der Waals surface area contributed by atoms with E-state index in [1.165, 1.54) is 24.3 Å². The molecule has 1 aliphatic rings. The molecular formula is C17H20N2O6S. The molecule has 1 aliphatic heterocycles. The first-order valence-electron chi connectivity index (χ1n) is 8.00. The molecule has 2 rings (SSSR count). The van der Waals surface area contributed by atoms with Crippen LogP contribution in [-0.4, -0.2) is 51.2 Å². The van der Waals surface area contributed by atoms with Crippen LogP contribution in [0.1, 0.15) is 23.2 Å². The molecule has 1 heterocycles. The molecule has 2 atom stereocenters. The van der Waals surface area contributed by atoms with Crippen molar-refractivity contribution in [2.24, 2.45) is 5.92 Å². The van der Waals surface area contributed by atoms with E-state index in [2.05, 4.69) is 16.0 Å². The second-order valence-electron chi connectivity index (χ2n) is 5.82. The summed E-state index contributed by atoms with van der Waals surface area (Å²) in [5.41, 5.74) is 0.0385. The lowest BCUT2D eigenvalue weighted by atomic mass is 9.93.